The van der Waals surface area contributed by atoms with Crippen LogP contribution in [0, 0.1) is 0 Å². The highest BCUT2D eigenvalue weighted by atomic mass is 32.2. The second-order valence-corrected chi connectivity index (χ2v) is 5.76. The van der Waals surface area contributed by atoms with Crippen molar-refractivity contribution < 1.29 is 14.3 Å². The molecule has 0 saturated carbocycles. The highest BCUT2D eigenvalue weighted by molar-refractivity contribution is 7.98. The van der Waals surface area contributed by atoms with Crippen molar-refractivity contribution in [3.8, 4) is 0 Å². The molecule has 6 heteroatoms. The van der Waals surface area contributed by atoms with Gasteiger partial charge in [-0.15, -0.1) is 0 Å². The van der Waals surface area contributed by atoms with Crippen LogP contribution in [0.4, 0.5) is 4.79 Å². The van der Waals surface area contributed by atoms with Gasteiger partial charge < -0.3 is 20.2 Å². The number of carbonyl (C=O) groups is 1. The minimum Gasteiger partial charge on any atom is -0.467 e. The van der Waals surface area contributed by atoms with E-state index < -0.39 is 6.10 Å². The predicted octanol–water partition coefficient (Wildman–Crippen LogP) is 2.53. The summed E-state index contributed by atoms with van der Waals surface area (Å²) in [4.78, 5) is 11.8. The third-order valence-electron chi connectivity index (χ3n) is 3.02. The zero-order chi connectivity index (χ0) is 15.0. The number of aliphatic hydroxyl groups is 1. The van der Waals surface area contributed by atoms with E-state index in [4.69, 9.17) is 4.42 Å². The lowest BCUT2D eigenvalue weighted by Gasteiger charge is -2.20. The SMILES string of the molecule is CCC(CSC)NC(=O)NC(C)CC(O)c1ccco1. The van der Waals surface area contributed by atoms with Crippen molar-refractivity contribution >= 4 is 17.8 Å². The Bertz CT molecular complexity index is 384. The first kappa shape index (κ1) is 16.9. The summed E-state index contributed by atoms with van der Waals surface area (Å²) in [5.41, 5.74) is 0. The molecule has 1 aromatic heterocycles. The van der Waals surface area contributed by atoms with Crippen LogP contribution in [0.3, 0.4) is 0 Å². The maximum Gasteiger partial charge on any atom is 0.315 e. The molecule has 0 saturated heterocycles. The Hall–Kier alpha value is -1.14. The number of rotatable bonds is 8. The van der Waals surface area contributed by atoms with Crippen molar-refractivity contribution in [2.45, 2.75) is 44.9 Å². The van der Waals surface area contributed by atoms with Crippen molar-refractivity contribution in [3.05, 3.63) is 24.2 Å². The number of thioether (sulfide) groups is 1. The molecule has 3 N–H and O–H groups in total. The summed E-state index contributed by atoms with van der Waals surface area (Å²) < 4.78 is 5.13. The molecule has 0 aromatic carbocycles. The Kier molecular flexibility index (Phi) is 7.54. The summed E-state index contributed by atoms with van der Waals surface area (Å²) in [6.45, 7) is 3.91. The van der Waals surface area contributed by atoms with Gasteiger partial charge in [0.05, 0.1) is 6.26 Å². The van der Waals surface area contributed by atoms with Gasteiger partial charge in [-0.2, -0.15) is 11.8 Å². The van der Waals surface area contributed by atoms with Crippen LogP contribution in [0.2, 0.25) is 0 Å². The molecule has 0 aliphatic rings. The van der Waals surface area contributed by atoms with Crippen LogP contribution in [0.25, 0.3) is 0 Å². The monoisotopic (exact) mass is 300 g/mol. The first-order valence-corrected chi connectivity index (χ1v) is 8.23. The molecular formula is C14H24N2O3S. The maximum absolute atomic E-state index is 11.8. The van der Waals surface area contributed by atoms with Crippen LogP contribution < -0.4 is 10.6 Å². The fourth-order valence-corrected chi connectivity index (χ4v) is 2.63. The first-order valence-electron chi connectivity index (χ1n) is 6.84. The van der Waals surface area contributed by atoms with Crippen LogP contribution in [0.1, 0.15) is 38.6 Å². The highest BCUT2D eigenvalue weighted by Crippen LogP contribution is 2.18. The summed E-state index contributed by atoms with van der Waals surface area (Å²) in [6, 6.07) is 3.31. The molecular weight excluding hydrogens is 276 g/mol. The molecule has 1 aromatic rings. The molecule has 0 spiro atoms. The fraction of sp³-hybridized carbons (Fsp3) is 0.643. The zero-order valence-electron chi connectivity index (χ0n) is 12.3. The third-order valence-corrected chi connectivity index (χ3v) is 3.76. The molecule has 20 heavy (non-hydrogen) atoms. The molecule has 1 heterocycles. The number of furan rings is 1. The van der Waals surface area contributed by atoms with Gasteiger partial charge in [-0.25, -0.2) is 4.79 Å². The van der Waals surface area contributed by atoms with Gasteiger partial charge in [-0.1, -0.05) is 6.92 Å². The number of hydrogen-bond donors (Lipinski definition) is 3. The normalized spacial score (nSPS) is 15.4. The lowest BCUT2D eigenvalue weighted by molar-refractivity contribution is 0.129. The van der Waals surface area contributed by atoms with E-state index in [-0.39, 0.29) is 18.1 Å². The lowest BCUT2D eigenvalue weighted by Crippen LogP contribution is -2.46. The summed E-state index contributed by atoms with van der Waals surface area (Å²) in [5.74, 6) is 1.42. The van der Waals surface area contributed by atoms with Gasteiger partial charge in [-0.3, -0.25) is 0 Å². The number of nitrogens with one attached hydrogen (secondary N) is 2. The minimum absolute atomic E-state index is 0.137. The number of aliphatic hydroxyl groups excluding tert-OH is 1. The Balaban J connectivity index is 2.34. The number of hydrogen-bond acceptors (Lipinski definition) is 4. The summed E-state index contributed by atoms with van der Waals surface area (Å²) in [7, 11) is 0. The number of amides is 2. The van der Waals surface area contributed by atoms with E-state index in [9.17, 15) is 9.90 Å². The van der Waals surface area contributed by atoms with Gasteiger partial charge in [-0.05, 0) is 31.7 Å². The fourth-order valence-electron chi connectivity index (χ4n) is 1.90. The highest BCUT2D eigenvalue weighted by Gasteiger charge is 2.17. The maximum atomic E-state index is 11.8. The second kappa shape index (κ2) is 8.92. The van der Waals surface area contributed by atoms with E-state index in [0.717, 1.165) is 12.2 Å². The Morgan fingerprint density at radius 3 is 2.80 bits per heavy atom. The molecule has 1 rings (SSSR count). The smallest absolute Gasteiger partial charge is 0.315 e. The number of carbonyl (C=O) groups excluding carboxylic acids is 1. The molecule has 114 valence electrons. The van der Waals surface area contributed by atoms with Crippen LogP contribution in [0.5, 0.6) is 0 Å². The van der Waals surface area contributed by atoms with Crippen molar-refractivity contribution in [3.63, 3.8) is 0 Å². The van der Waals surface area contributed by atoms with E-state index in [1.807, 2.05) is 20.1 Å². The van der Waals surface area contributed by atoms with Crippen LogP contribution >= 0.6 is 11.8 Å². The van der Waals surface area contributed by atoms with Gasteiger partial charge in [0, 0.05) is 24.3 Å². The Morgan fingerprint density at radius 1 is 1.50 bits per heavy atom. The molecule has 2 amide bonds. The molecule has 3 unspecified atom stereocenters. The van der Waals surface area contributed by atoms with Crippen molar-refractivity contribution in [1.82, 2.24) is 10.6 Å². The van der Waals surface area contributed by atoms with E-state index in [1.165, 1.54) is 6.26 Å². The second-order valence-electron chi connectivity index (χ2n) is 4.85. The largest absolute Gasteiger partial charge is 0.467 e. The quantitative estimate of drug-likeness (QED) is 0.689. The van der Waals surface area contributed by atoms with Gasteiger partial charge >= 0.3 is 6.03 Å². The predicted molar refractivity (Wildman–Crippen MR) is 81.9 cm³/mol. The average Bonchev–Trinajstić information content (AvgIpc) is 2.91. The van der Waals surface area contributed by atoms with Crippen LogP contribution in [-0.4, -0.2) is 35.2 Å². The van der Waals surface area contributed by atoms with Crippen molar-refractivity contribution in [2.75, 3.05) is 12.0 Å². The van der Waals surface area contributed by atoms with E-state index >= 15 is 0 Å². The molecule has 5 nitrogen and oxygen atoms in total. The van der Waals surface area contributed by atoms with E-state index in [0.29, 0.717) is 12.2 Å². The first-order chi connectivity index (χ1) is 9.56. The van der Waals surface area contributed by atoms with Gasteiger partial charge in [0.1, 0.15) is 11.9 Å². The summed E-state index contributed by atoms with van der Waals surface area (Å²) in [6.07, 6.45) is 4.16. The topological polar surface area (TPSA) is 74.5 Å². The van der Waals surface area contributed by atoms with Crippen molar-refractivity contribution in [1.29, 1.82) is 0 Å². The third kappa shape index (κ3) is 5.88. The summed E-state index contributed by atoms with van der Waals surface area (Å²) in [5, 5.41) is 15.7. The Morgan fingerprint density at radius 2 is 2.25 bits per heavy atom. The standard InChI is InChI=1S/C14H24N2O3S/c1-4-11(9-20-3)16-14(18)15-10(2)8-12(17)13-6-5-7-19-13/h5-7,10-12,17H,4,8-9H2,1-3H3,(H2,15,16,18). The summed E-state index contributed by atoms with van der Waals surface area (Å²) >= 11 is 1.71. The average molecular weight is 300 g/mol. The zero-order valence-corrected chi connectivity index (χ0v) is 13.1. The Labute approximate surface area is 124 Å². The van der Waals surface area contributed by atoms with Crippen LogP contribution in [0.15, 0.2) is 22.8 Å². The molecule has 3 atom stereocenters. The lowest BCUT2D eigenvalue weighted by atomic mass is 10.1. The van der Waals surface area contributed by atoms with Gasteiger partial charge in [0.2, 0.25) is 0 Å². The molecule has 0 fully saturated rings. The molecule has 0 aliphatic carbocycles. The molecule has 0 aliphatic heterocycles. The van der Waals surface area contributed by atoms with Gasteiger partial charge in [0.25, 0.3) is 0 Å². The minimum atomic E-state index is -0.700. The number of urea groups is 1. The van der Waals surface area contributed by atoms with Crippen LogP contribution in [-0.2, 0) is 0 Å². The molecule has 0 radical (unpaired) electrons. The van der Waals surface area contributed by atoms with E-state index in [2.05, 4.69) is 10.6 Å². The van der Waals surface area contributed by atoms with Gasteiger partial charge in [0.15, 0.2) is 0 Å². The van der Waals surface area contributed by atoms with Crippen molar-refractivity contribution in [2.24, 2.45) is 0 Å². The molecule has 0 bridgehead atoms. The van der Waals surface area contributed by atoms with E-state index in [1.54, 1.807) is 23.9 Å².